The number of halogens is 1. The van der Waals surface area contributed by atoms with E-state index in [0.29, 0.717) is 34.3 Å². The van der Waals surface area contributed by atoms with Crippen molar-refractivity contribution in [3.8, 4) is 11.6 Å². The number of amides is 1. The lowest BCUT2D eigenvalue weighted by atomic mass is 10.2. The summed E-state index contributed by atoms with van der Waals surface area (Å²) >= 11 is 8.49. The zero-order chi connectivity index (χ0) is 18.5. The molecule has 7 nitrogen and oxygen atoms in total. The molecule has 0 bridgehead atoms. The number of carbonyl (C=O) groups excluding carboxylic acids is 1. The van der Waals surface area contributed by atoms with Crippen molar-refractivity contribution in [1.29, 1.82) is 0 Å². The number of hydrogen-bond donors (Lipinski definition) is 2. The zero-order valence-corrected chi connectivity index (χ0v) is 16.3. The minimum Gasteiger partial charge on any atom is -0.439 e. The second kappa shape index (κ2) is 8.24. The molecule has 3 aromatic rings. The molecule has 0 aliphatic rings. The molecule has 2 heterocycles. The molecule has 1 aromatic carbocycles. The molecule has 0 aliphatic carbocycles. The maximum absolute atomic E-state index is 12.3. The van der Waals surface area contributed by atoms with Crippen molar-refractivity contribution < 1.29 is 9.53 Å². The van der Waals surface area contributed by atoms with Gasteiger partial charge in [0, 0.05) is 23.3 Å². The van der Waals surface area contributed by atoms with Crippen LogP contribution in [0.1, 0.15) is 23.1 Å². The number of nitrogens with zero attached hydrogens (tertiary/aromatic N) is 3. The van der Waals surface area contributed by atoms with Gasteiger partial charge in [-0.05, 0) is 49.5 Å². The number of benzene rings is 1. The fourth-order valence-electron chi connectivity index (χ4n) is 2.27. The molecular weight excluding hydrogens is 418 g/mol. The number of pyridine rings is 1. The van der Waals surface area contributed by atoms with Gasteiger partial charge in [-0.3, -0.25) is 9.89 Å². The predicted molar refractivity (Wildman–Crippen MR) is 103 cm³/mol. The Kier molecular flexibility index (Phi) is 5.79. The lowest BCUT2D eigenvalue weighted by Gasteiger charge is -2.07. The maximum Gasteiger partial charge on any atom is 0.253 e. The van der Waals surface area contributed by atoms with E-state index >= 15 is 0 Å². The fourth-order valence-corrected chi connectivity index (χ4v) is 2.82. The quantitative estimate of drug-likeness (QED) is 0.576. The summed E-state index contributed by atoms with van der Waals surface area (Å²) in [5.41, 5.74) is 0.435. The molecule has 0 saturated carbocycles. The summed E-state index contributed by atoms with van der Waals surface area (Å²) in [6, 6.07) is 10.7. The van der Waals surface area contributed by atoms with Crippen LogP contribution in [0.2, 0.25) is 0 Å². The van der Waals surface area contributed by atoms with Crippen molar-refractivity contribution in [2.45, 2.75) is 20.0 Å². The van der Waals surface area contributed by atoms with Crippen LogP contribution in [0.15, 0.2) is 47.1 Å². The highest BCUT2D eigenvalue weighted by Crippen LogP contribution is 2.21. The Morgan fingerprint density at radius 1 is 1.31 bits per heavy atom. The molecule has 134 valence electrons. The summed E-state index contributed by atoms with van der Waals surface area (Å²) in [6.45, 7) is 2.92. The first-order valence-electron chi connectivity index (χ1n) is 7.88. The number of aromatic amines is 1. The van der Waals surface area contributed by atoms with Crippen molar-refractivity contribution in [3.05, 3.63) is 63.2 Å². The van der Waals surface area contributed by atoms with Gasteiger partial charge in [-0.25, -0.2) is 4.98 Å². The second-order valence-corrected chi connectivity index (χ2v) is 6.62. The average molecular weight is 434 g/mol. The summed E-state index contributed by atoms with van der Waals surface area (Å²) in [4.78, 5) is 16.4. The third-order valence-electron chi connectivity index (χ3n) is 3.60. The molecule has 0 saturated heterocycles. The van der Waals surface area contributed by atoms with E-state index < -0.39 is 0 Å². The van der Waals surface area contributed by atoms with Gasteiger partial charge in [0.05, 0.1) is 12.1 Å². The van der Waals surface area contributed by atoms with E-state index in [9.17, 15) is 4.79 Å². The molecule has 0 aliphatic heterocycles. The van der Waals surface area contributed by atoms with Crippen LogP contribution in [0, 0.1) is 4.77 Å². The van der Waals surface area contributed by atoms with Crippen molar-refractivity contribution in [1.82, 2.24) is 25.1 Å². The Hall–Kier alpha value is -2.52. The number of nitrogens with one attached hydrogen (secondary N) is 2. The standard InChI is InChI=1S/C17H16BrN5O2S/c1-2-23-14(21-22-17(23)26)10-20-16(24)11-3-8-15(19-9-11)25-13-6-4-12(18)5-7-13/h3-9H,2,10H2,1H3,(H,20,24)(H,22,26). The molecule has 0 fully saturated rings. The SMILES string of the molecule is CCn1c(CNC(=O)c2ccc(Oc3ccc(Br)cc3)nc2)n[nH]c1=S. The van der Waals surface area contributed by atoms with Crippen LogP contribution < -0.4 is 10.1 Å². The van der Waals surface area contributed by atoms with Gasteiger partial charge in [-0.1, -0.05) is 15.9 Å². The molecule has 0 atom stereocenters. The largest absolute Gasteiger partial charge is 0.439 e. The Morgan fingerprint density at radius 3 is 2.73 bits per heavy atom. The number of rotatable bonds is 6. The Balaban J connectivity index is 1.61. The summed E-state index contributed by atoms with van der Waals surface area (Å²) in [6.07, 6.45) is 1.47. The van der Waals surface area contributed by atoms with Crippen molar-refractivity contribution in [2.24, 2.45) is 0 Å². The molecule has 3 rings (SSSR count). The predicted octanol–water partition coefficient (Wildman–Crippen LogP) is 3.84. The molecule has 1 amide bonds. The third-order valence-corrected chi connectivity index (χ3v) is 4.44. The van der Waals surface area contributed by atoms with Crippen molar-refractivity contribution in [3.63, 3.8) is 0 Å². The molecule has 2 aromatic heterocycles. The molecule has 9 heteroatoms. The first-order valence-corrected chi connectivity index (χ1v) is 9.08. The van der Waals surface area contributed by atoms with E-state index in [4.69, 9.17) is 17.0 Å². The third kappa shape index (κ3) is 4.36. The van der Waals surface area contributed by atoms with E-state index in [1.807, 2.05) is 35.8 Å². The minimum atomic E-state index is -0.246. The molecule has 26 heavy (non-hydrogen) atoms. The summed E-state index contributed by atoms with van der Waals surface area (Å²) in [5.74, 6) is 1.51. The number of carbonyl (C=O) groups is 1. The van der Waals surface area contributed by atoms with Crippen LogP contribution in [0.5, 0.6) is 11.6 Å². The first kappa shape index (κ1) is 18.3. The molecule has 2 N–H and O–H groups in total. The topological polar surface area (TPSA) is 84.8 Å². The smallest absolute Gasteiger partial charge is 0.253 e. The van der Waals surface area contributed by atoms with Crippen LogP contribution in [0.4, 0.5) is 0 Å². The first-order chi connectivity index (χ1) is 12.6. The Morgan fingerprint density at radius 2 is 2.08 bits per heavy atom. The maximum atomic E-state index is 12.3. The van der Waals surface area contributed by atoms with Crippen molar-refractivity contribution >= 4 is 34.1 Å². The van der Waals surface area contributed by atoms with Gasteiger partial charge in [0.15, 0.2) is 10.6 Å². The highest BCUT2D eigenvalue weighted by molar-refractivity contribution is 9.10. The lowest BCUT2D eigenvalue weighted by Crippen LogP contribution is -2.24. The highest BCUT2D eigenvalue weighted by atomic mass is 79.9. The summed E-state index contributed by atoms with van der Waals surface area (Å²) in [5, 5.41) is 9.63. The van der Waals surface area contributed by atoms with Crippen LogP contribution >= 0.6 is 28.1 Å². The number of aromatic nitrogens is 4. The Labute approximate surface area is 163 Å². The van der Waals surface area contributed by atoms with Crippen molar-refractivity contribution in [2.75, 3.05) is 0 Å². The fraction of sp³-hybridized carbons (Fsp3) is 0.176. The van der Waals surface area contributed by atoms with Gasteiger partial charge < -0.3 is 14.6 Å². The zero-order valence-electron chi connectivity index (χ0n) is 13.9. The van der Waals surface area contributed by atoms with Crippen LogP contribution in [-0.4, -0.2) is 25.7 Å². The monoisotopic (exact) mass is 433 g/mol. The van der Waals surface area contributed by atoms with E-state index in [1.54, 1.807) is 12.1 Å². The van der Waals surface area contributed by atoms with E-state index in [2.05, 4.69) is 36.4 Å². The summed E-state index contributed by atoms with van der Waals surface area (Å²) < 4.78 is 8.96. The van der Waals surface area contributed by atoms with Gasteiger partial charge >= 0.3 is 0 Å². The second-order valence-electron chi connectivity index (χ2n) is 5.31. The number of hydrogen-bond acceptors (Lipinski definition) is 5. The molecular formula is C17H16BrN5O2S. The van der Waals surface area contributed by atoms with Gasteiger partial charge in [-0.2, -0.15) is 5.10 Å². The van der Waals surface area contributed by atoms with E-state index in [-0.39, 0.29) is 12.5 Å². The molecule has 0 unspecified atom stereocenters. The number of ether oxygens (including phenoxy) is 1. The van der Waals surface area contributed by atoms with E-state index in [0.717, 1.165) is 4.47 Å². The van der Waals surface area contributed by atoms with Crippen LogP contribution in [0.3, 0.4) is 0 Å². The minimum absolute atomic E-state index is 0.246. The average Bonchev–Trinajstić information content (AvgIpc) is 3.02. The normalized spacial score (nSPS) is 10.5. The molecule has 0 spiro atoms. The number of H-pyrrole nitrogens is 1. The van der Waals surface area contributed by atoms with Gasteiger partial charge in [-0.15, -0.1) is 0 Å². The highest BCUT2D eigenvalue weighted by Gasteiger charge is 2.10. The van der Waals surface area contributed by atoms with Crippen LogP contribution in [-0.2, 0) is 13.1 Å². The van der Waals surface area contributed by atoms with Gasteiger partial charge in [0.25, 0.3) is 5.91 Å². The van der Waals surface area contributed by atoms with E-state index in [1.165, 1.54) is 6.20 Å². The summed E-state index contributed by atoms with van der Waals surface area (Å²) in [7, 11) is 0. The lowest BCUT2D eigenvalue weighted by molar-refractivity contribution is 0.0949. The molecule has 0 radical (unpaired) electrons. The Bertz CT molecular complexity index is 951. The van der Waals surface area contributed by atoms with Crippen LogP contribution in [0.25, 0.3) is 0 Å². The van der Waals surface area contributed by atoms with Gasteiger partial charge in [0.2, 0.25) is 5.88 Å². The van der Waals surface area contributed by atoms with Gasteiger partial charge in [0.1, 0.15) is 5.75 Å².